The first kappa shape index (κ1) is 26.3. The molecule has 0 spiro atoms. The Morgan fingerprint density at radius 3 is 2.27 bits per heavy atom. The van der Waals surface area contributed by atoms with E-state index in [1.54, 1.807) is 11.8 Å². The molecule has 1 fully saturated rings. The summed E-state index contributed by atoms with van der Waals surface area (Å²) in [6.07, 6.45) is -0.132. The zero-order valence-corrected chi connectivity index (χ0v) is 20.8. The number of hydrogen-bond donors (Lipinski definition) is 3. The van der Waals surface area contributed by atoms with Gasteiger partial charge in [-0.2, -0.15) is 0 Å². The van der Waals surface area contributed by atoms with Crippen LogP contribution in [-0.2, 0) is 27.2 Å². The molecule has 37 heavy (non-hydrogen) atoms. The Balaban J connectivity index is 1.54. The van der Waals surface area contributed by atoms with Crippen molar-refractivity contribution >= 4 is 29.5 Å². The Morgan fingerprint density at radius 1 is 0.946 bits per heavy atom. The summed E-state index contributed by atoms with van der Waals surface area (Å²) in [5, 5.41) is 8.08. The molecule has 0 bridgehead atoms. The molecular formula is C28H27F2N3O3S. The second-order valence-electron chi connectivity index (χ2n) is 8.74. The maximum absolute atomic E-state index is 13.6. The number of thioether (sulfide) groups is 1. The van der Waals surface area contributed by atoms with Crippen LogP contribution in [0.4, 0.5) is 8.78 Å². The van der Waals surface area contributed by atoms with Crippen LogP contribution in [0.3, 0.4) is 0 Å². The molecule has 3 aromatic rings. The first-order chi connectivity index (χ1) is 17.9. The quantitative estimate of drug-likeness (QED) is 0.423. The third kappa shape index (κ3) is 7.39. The van der Waals surface area contributed by atoms with Crippen molar-refractivity contribution in [2.75, 3.05) is 12.3 Å². The molecule has 9 heteroatoms. The van der Waals surface area contributed by atoms with E-state index in [1.165, 1.54) is 0 Å². The van der Waals surface area contributed by atoms with E-state index in [2.05, 4.69) is 16.0 Å². The van der Waals surface area contributed by atoms with Gasteiger partial charge in [-0.25, -0.2) is 8.78 Å². The lowest BCUT2D eigenvalue weighted by Crippen LogP contribution is -2.55. The molecule has 0 aromatic heterocycles. The van der Waals surface area contributed by atoms with E-state index in [-0.39, 0.29) is 29.6 Å². The predicted octanol–water partition coefficient (Wildman–Crippen LogP) is 3.32. The molecule has 6 nitrogen and oxygen atoms in total. The van der Waals surface area contributed by atoms with Crippen LogP contribution in [0.5, 0.6) is 0 Å². The molecular weight excluding hydrogens is 496 g/mol. The van der Waals surface area contributed by atoms with Gasteiger partial charge < -0.3 is 16.0 Å². The van der Waals surface area contributed by atoms with Crippen LogP contribution in [0.1, 0.15) is 21.9 Å². The van der Waals surface area contributed by atoms with Crippen LogP contribution in [-0.4, -0.2) is 42.1 Å². The van der Waals surface area contributed by atoms with Gasteiger partial charge in [-0.3, -0.25) is 14.4 Å². The summed E-state index contributed by atoms with van der Waals surface area (Å²) in [5.74, 6) is -2.28. The van der Waals surface area contributed by atoms with Crippen molar-refractivity contribution in [3.63, 3.8) is 0 Å². The topological polar surface area (TPSA) is 87.3 Å². The largest absolute Gasteiger partial charge is 0.353 e. The Hall–Kier alpha value is -3.72. The summed E-state index contributed by atoms with van der Waals surface area (Å²) in [4.78, 5) is 39.3. The second-order valence-corrected chi connectivity index (χ2v) is 9.99. The number of carbonyl (C=O) groups excluding carboxylic acids is 3. The monoisotopic (exact) mass is 523 g/mol. The number of nitrogens with one attached hydrogen (secondary N) is 3. The molecule has 1 saturated heterocycles. The van der Waals surface area contributed by atoms with Gasteiger partial charge in [0.05, 0.1) is 11.7 Å². The van der Waals surface area contributed by atoms with Crippen molar-refractivity contribution in [3.05, 3.63) is 107 Å². The van der Waals surface area contributed by atoms with E-state index in [1.807, 2.05) is 60.7 Å². The highest BCUT2D eigenvalue weighted by molar-refractivity contribution is 7.99. The molecule has 3 aromatic carbocycles. The summed E-state index contributed by atoms with van der Waals surface area (Å²) < 4.78 is 27.2. The molecule has 0 unspecified atom stereocenters. The molecule has 192 valence electrons. The van der Waals surface area contributed by atoms with Gasteiger partial charge in [0.25, 0.3) is 0 Å². The Kier molecular flexibility index (Phi) is 8.90. The molecule has 0 aliphatic carbocycles. The summed E-state index contributed by atoms with van der Waals surface area (Å²) in [5.41, 5.74) is 1.86. The van der Waals surface area contributed by atoms with Gasteiger partial charge in [-0.05, 0) is 28.8 Å². The van der Waals surface area contributed by atoms with Gasteiger partial charge in [-0.15, -0.1) is 11.8 Å². The van der Waals surface area contributed by atoms with Crippen molar-refractivity contribution in [2.24, 2.45) is 0 Å². The van der Waals surface area contributed by atoms with Crippen LogP contribution >= 0.6 is 11.8 Å². The Morgan fingerprint density at radius 2 is 1.59 bits per heavy atom. The van der Waals surface area contributed by atoms with Crippen molar-refractivity contribution in [1.29, 1.82) is 0 Å². The maximum Gasteiger partial charge on any atom is 0.244 e. The third-order valence-corrected chi connectivity index (χ3v) is 7.27. The average Bonchev–Trinajstić information content (AvgIpc) is 3.05. The molecule has 1 heterocycles. The van der Waals surface area contributed by atoms with E-state index >= 15 is 0 Å². The van der Waals surface area contributed by atoms with Crippen LogP contribution in [0, 0.1) is 11.6 Å². The van der Waals surface area contributed by atoms with E-state index in [0.29, 0.717) is 12.3 Å². The van der Waals surface area contributed by atoms with Crippen molar-refractivity contribution in [1.82, 2.24) is 16.0 Å². The maximum atomic E-state index is 13.6. The minimum atomic E-state index is -1.01. The van der Waals surface area contributed by atoms with Crippen molar-refractivity contribution in [3.8, 4) is 0 Å². The molecule has 4 rings (SSSR count). The molecule has 0 radical (unpaired) electrons. The lowest BCUT2D eigenvalue weighted by atomic mass is 10.0. The van der Waals surface area contributed by atoms with Crippen LogP contribution in [0.25, 0.3) is 0 Å². The van der Waals surface area contributed by atoms with Crippen molar-refractivity contribution < 1.29 is 23.2 Å². The van der Waals surface area contributed by atoms with E-state index in [9.17, 15) is 23.2 Å². The summed E-state index contributed by atoms with van der Waals surface area (Å²) >= 11 is 1.57. The van der Waals surface area contributed by atoms with Crippen LogP contribution < -0.4 is 16.0 Å². The highest BCUT2D eigenvalue weighted by atomic mass is 32.2. The molecule has 1 aliphatic heterocycles. The Bertz CT molecular complexity index is 1220. The van der Waals surface area contributed by atoms with Crippen molar-refractivity contribution in [2.45, 2.75) is 30.2 Å². The highest BCUT2D eigenvalue weighted by Gasteiger charge is 2.35. The highest BCUT2D eigenvalue weighted by Crippen LogP contribution is 2.33. The standard InChI is InChI=1S/C28H27F2N3O3S/c29-21-13-19(14-22(30)17-21)16-24(34)32-23(15-18-7-3-1-4-8-18)27(35)33-25-26(20-9-5-2-6-10-20)37-12-11-31-28(25)36/h1-10,13-14,17,23,25-26H,11-12,15-16H2,(H,31,36)(H,32,34)(H,33,35)/t23-,25-,26+/m0/s1. The minimum Gasteiger partial charge on any atom is -0.353 e. The fourth-order valence-corrected chi connectivity index (χ4v) is 5.44. The first-order valence-electron chi connectivity index (χ1n) is 11.9. The zero-order chi connectivity index (χ0) is 26.2. The predicted molar refractivity (Wildman–Crippen MR) is 139 cm³/mol. The van der Waals surface area contributed by atoms with Gasteiger partial charge in [0.15, 0.2) is 0 Å². The molecule has 3 amide bonds. The molecule has 3 N–H and O–H groups in total. The van der Waals surface area contributed by atoms with Gasteiger partial charge in [0.2, 0.25) is 17.7 Å². The summed E-state index contributed by atoms with van der Waals surface area (Å²) in [6.45, 7) is 0.480. The number of rotatable bonds is 8. The number of halogens is 2. The molecule has 0 saturated carbocycles. The molecule has 3 atom stereocenters. The number of hydrogen-bond acceptors (Lipinski definition) is 4. The summed E-state index contributed by atoms with van der Waals surface area (Å²) in [7, 11) is 0. The molecule has 1 aliphatic rings. The van der Waals surface area contributed by atoms with E-state index in [4.69, 9.17) is 0 Å². The normalized spacial score (nSPS) is 18.3. The lowest BCUT2D eigenvalue weighted by Gasteiger charge is -2.27. The average molecular weight is 524 g/mol. The Labute approximate surface area is 218 Å². The smallest absolute Gasteiger partial charge is 0.244 e. The fraction of sp³-hybridized carbons (Fsp3) is 0.250. The first-order valence-corrected chi connectivity index (χ1v) is 13.0. The third-order valence-electron chi connectivity index (χ3n) is 5.93. The minimum absolute atomic E-state index is 0.151. The van der Waals surface area contributed by atoms with E-state index < -0.39 is 35.5 Å². The fourth-order valence-electron chi connectivity index (χ4n) is 4.23. The van der Waals surface area contributed by atoms with Gasteiger partial charge >= 0.3 is 0 Å². The zero-order valence-electron chi connectivity index (χ0n) is 20.0. The van der Waals surface area contributed by atoms with E-state index in [0.717, 1.165) is 29.3 Å². The van der Waals surface area contributed by atoms with Crippen LogP contribution in [0.2, 0.25) is 0 Å². The SMILES string of the molecule is O=C(Cc1cc(F)cc(F)c1)N[C@@H](Cc1ccccc1)C(=O)N[C@@H]1C(=O)NCCS[C@@H]1c1ccccc1. The van der Waals surface area contributed by atoms with Crippen LogP contribution in [0.15, 0.2) is 78.9 Å². The van der Waals surface area contributed by atoms with Gasteiger partial charge in [0, 0.05) is 24.8 Å². The van der Waals surface area contributed by atoms with Gasteiger partial charge in [-0.1, -0.05) is 60.7 Å². The number of amides is 3. The number of carbonyl (C=O) groups is 3. The van der Waals surface area contributed by atoms with Gasteiger partial charge in [0.1, 0.15) is 23.7 Å². The second kappa shape index (κ2) is 12.5. The number of benzene rings is 3. The summed E-state index contributed by atoms with van der Waals surface area (Å²) in [6, 6.07) is 19.6. The lowest BCUT2D eigenvalue weighted by molar-refractivity contribution is -0.131.